The molecule has 0 saturated heterocycles. The Bertz CT molecular complexity index is 1310. The molecule has 2 aliphatic rings. The molecule has 0 spiro atoms. The van der Waals surface area contributed by atoms with Gasteiger partial charge in [0.05, 0.1) is 12.0 Å². The number of thiophene rings is 1. The molecule has 0 unspecified atom stereocenters. The second-order valence-corrected chi connectivity index (χ2v) is 9.10. The van der Waals surface area contributed by atoms with E-state index in [2.05, 4.69) is 10.3 Å². The first kappa shape index (κ1) is 19.6. The number of hydrogen-bond donors (Lipinski definition) is 1. The summed E-state index contributed by atoms with van der Waals surface area (Å²) >= 11 is 1.76. The Morgan fingerprint density at radius 3 is 3.06 bits per heavy atom. The maximum Gasteiger partial charge on any atom is 0.189 e. The maximum atomic E-state index is 14.1. The highest BCUT2D eigenvalue weighted by Crippen LogP contribution is 2.40. The van der Waals surface area contributed by atoms with Crippen LogP contribution in [0.3, 0.4) is 0 Å². The first-order chi connectivity index (χ1) is 15.8. The van der Waals surface area contributed by atoms with E-state index in [4.69, 9.17) is 19.4 Å². The lowest BCUT2D eigenvalue weighted by molar-refractivity contribution is -0.0172. The van der Waals surface area contributed by atoms with E-state index < -0.39 is 0 Å². The Kier molecular flexibility index (Phi) is 4.96. The number of hydrogen-bond acceptors (Lipinski definition) is 7. The number of rotatable bonds is 5. The number of anilines is 1. The van der Waals surface area contributed by atoms with Crippen LogP contribution in [0.4, 0.5) is 10.2 Å². The molecule has 0 amide bonds. The van der Waals surface area contributed by atoms with E-state index in [1.165, 1.54) is 22.9 Å². The standard InChI is InChI=1S/C24H21FN4O2S/c25-17-9-14(21-16(10-17)12-30-13-31-21)6-8-27-23-20-18-4-1-5-19(18)32-24(20)29-22(28-23)15-3-2-7-26-11-15/h2-3,7,9-11H,1,4-6,8,12-13H2,(H,27,28,29). The predicted molar refractivity (Wildman–Crippen MR) is 122 cm³/mol. The number of fused-ring (bicyclic) bond motifs is 4. The molecule has 0 saturated carbocycles. The first-order valence-corrected chi connectivity index (χ1v) is 11.6. The third-order valence-corrected chi connectivity index (χ3v) is 7.11. The monoisotopic (exact) mass is 448 g/mol. The Hall–Kier alpha value is -3.10. The molecule has 32 heavy (non-hydrogen) atoms. The van der Waals surface area contributed by atoms with Gasteiger partial charge in [-0.05, 0) is 61.1 Å². The summed E-state index contributed by atoms with van der Waals surface area (Å²) in [6.07, 6.45) is 7.48. The summed E-state index contributed by atoms with van der Waals surface area (Å²) in [5.74, 6) is 1.96. The molecular weight excluding hydrogens is 427 g/mol. The third kappa shape index (κ3) is 3.49. The van der Waals surface area contributed by atoms with Crippen LogP contribution >= 0.6 is 11.3 Å². The smallest absolute Gasteiger partial charge is 0.189 e. The van der Waals surface area contributed by atoms with Gasteiger partial charge in [-0.15, -0.1) is 11.3 Å². The zero-order valence-corrected chi connectivity index (χ0v) is 18.2. The number of benzene rings is 1. The zero-order valence-electron chi connectivity index (χ0n) is 17.4. The molecule has 3 aromatic heterocycles. The SMILES string of the molecule is Fc1cc(CCNc2nc(-c3cccnc3)nc3sc4c(c23)CCC4)c2c(c1)COCO2. The molecule has 1 aliphatic carbocycles. The van der Waals surface area contributed by atoms with Gasteiger partial charge in [-0.2, -0.15) is 0 Å². The van der Waals surface area contributed by atoms with Crippen LogP contribution in [-0.4, -0.2) is 28.3 Å². The number of pyridine rings is 1. The third-order valence-electron chi connectivity index (χ3n) is 5.92. The number of nitrogens with zero attached hydrogens (tertiary/aromatic N) is 3. The molecule has 1 aromatic carbocycles. The van der Waals surface area contributed by atoms with Crippen molar-refractivity contribution < 1.29 is 13.9 Å². The quantitative estimate of drug-likeness (QED) is 0.468. The van der Waals surface area contributed by atoms with E-state index in [1.54, 1.807) is 29.8 Å². The van der Waals surface area contributed by atoms with Crippen LogP contribution in [0, 0.1) is 5.82 Å². The van der Waals surface area contributed by atoms with Crippen LogP contribution in [0.15, 0.2) is 36.7 Å². The van der Waals surface area contributed by atoms with E-state index in [1.807, 2.05) is 12.1 Å². The maximum absolute atomic E-state index is 14.1. The van der Waals surface area contributed by atoms with Crippen LogP contribution in [0.1, 0.15) is 28.0 Å². The summed E-state index contributed by atoms with van der Waals surface area (Å²) < 4.78 is 25.1. The molecule has 4 aromatic rings. The Morgan fingerprint density at radius 1 is 1.19 bits per heavy atom. The van der Waals surface area contributed by atoms with Gasteiger partial charge in [0, 0.05) is 34.9 Å². The Morgan fingerprint density at radius 2 is 2.16 bits per heavy atom. The number of aromatic nitrogens is 3. The summed E-state index contributed by atoms with van der Waals surface area (Å²) in [7, 11) is 0. The lowest BCUT2D eigenvalue weighted by Crippen LogP contribution is -2.15. The van der Waals surface area contributed by atoms with Gasteiger partial charge in [0.25, 0.3) is 0 Å². The van der Waals surface area contributed by atoms with Crippen molar-refractivity contribution >= 4 is 27.4 Å². The van der Waals surface area contributed by atoms with Gasteiger partial charge in [0.2, 0.25) is 0 Å². The molecule has 6 nitrogen and oxygen atoms in total. The predicted octanol–water partition coefficient (Wildman–Crippen LogP) is 4.90. The largest absolute Gasteiger partial charge is 0.467 e. The highest BCUT2D eigenvalue weighted by Gasteiger charge is 2.23. The number of nitrogens with one attached hydrogen (secondary N) is 1. The van der Waals surface area contributed by atoms with E-state index in [-0.39, 0.29) is 12.6 Å². The van der Waals surface area contributed by atoms with Gasteiger partial charge in [0.1, 0.15) is 22.2 Å². The Labute approximate surface area is 188 Å². The van der Waals surface area contributed by atoms with Crippen LogP contribution < -0.4 is 10.1 Å². The minimum Gasteiger partial charge on any atom is -0.467 e. The van der Waals surface area contributed by atoms with E-state index >= 15 is 0 Å². The minimum absolute atomic E-state index is 0.196. The average Bonchev–Trinajstić information content (AvgIpc) is 3.40. The fourth-order valence-electron chi connectivity index (χ4n) is 4.51. The highest BCUT2D eigenvalue weighted by molar-refractivity contribution is 7.19. The molecule has 0 radical (unpaired) electrons. The number of halogens is 1. The molecule has 0 fully saturated rings. The molecule has 1 aliphatic heterocycles. The molecular formula is C24H21FN4O2S. The molecule has 4 heterocycles. The summed E-state index contributed by atoms with van der Waals surface area (Å²) in [6.45, 7) is 1.17. The summed E-state index contributed by atoms with van der Waals surface area (Å²) in [5, 5.41) is 4.64. The van der Waals surface area contributed by atoms with Gasteiger partial charge in [-0.3, -0.25) is 4.98 Å². The fourth-order valence-corrected chi connectivity index (χ4v) is 5.77. The number of ether oxygens (including phenoxy) is 2. The molecule has 8 heteroatoms. The highest BCUT2D eigenvalue weighted by atomic mass is 32.1. The molecule has 0 bridgehead atoms. The summed E-state index contributed by atoms with van der Waals surface area (Å²) in [4.78, 5) is 16.4. The summed E-state index contributed by atoms with van der Waals surface area (Å²) in [5.41, 5.74) is 3.85. The molecule has 1 N–H and O–H groups in total. The van der Waals surface area contributed by atoms with Crippen molar-refractivity contribution in [3.8, 4) is 17.1 Å². The van der Waals surface area contributed by atoms with Crippen molar-refractivity contribution in [3.05, 3.63) is 64.0 Å². The minimum atomic E-state index is -0.271. The van der Waals surface area contributed by atoms with Gasteiger partial charge >= 0.3 is 0 Å². The first-order valence-electron chi connectivity index (χ1n) is 10.7. The Balaban J connectivity index is 1.33. The summed E-state index contributed by atoms with van der Waals surface area (Å²) in [6, 6.07) is 6.89. The van der Waals surface area contributed by atoms with Crippen molar-refractivity contribution in [2.75, 3.05) is 18.7 Å². The van der Waals surface area contributed by atoms with Crippen molar-refractivity contribution in [1.82, 2.24) is 15.0 Å². The average molecular weight is 449 g/mol. The molecule has 6 rings (SSSR count). The van der Waals surface area contributed by atoms with Gasteiger partial charge < -0.3 is 14.8 Å². The van der Waals surface area contributed by atoms with Gasteiger partial charge in [0.15, 0.2) is 12.6 Å². The van der Waals surface area contributed by atoms with Crippen molar-refractivity contribution in [2.45, 2.75) is 32.3 Å². The lowest BCUT2D eigenvalue weighted by atomic mass is 10.1. The second-order valence-electron chi connectivity index (χ2n) is 8.02. The zero-order chi connectivity index (χ0) is 21.5. The number of aryl methyl sites for hydroxylation is 2. The molecule has 0 atom stereocenters. The van der Waals surface area contributed by atoms with Crippen LogP contribution in [0.25, 0.3) is 21.6 Å². The van der Waals surface area contributed by atoms with Crippen molar-refractivity contribution in [1.29, 1.82) is 0 Å². The van der Waals surface area contributed by atoms with Crippen molar-refractivity contribution in [3.63, 3.8) is 0 Å². The normalized spacial score (nSPS) is 14.8. The van der Waals surface area contributed by atoms with Crippen LogP contribution in [-0.2, 0) is 30.6 Å². The van der Waals surface area contributed by atoms with Crippen molar-refractivity contribution in [2.24, 2.45) is 0 Å². The van der Waals surface area contributed by atoms with Gasteiger partial charge in [-0.25, -0.2) is 14.4 Å². The van der Waals surface area contributed by atoms with E-state index in [0.717, 1.165) is 51.3 Å². The van der Waals surface area contributed by atoms with Gasteiger partial charge in [-0.1, -0.05) is 0 Å². The van der Waals surface area contributed by atoms with Crippen LogP contribution in [0.5, 0.6) is 5.75 Å². The molecule has 162 valence electrons. The van der Waals surface area contributed by atoms with Crippen LogP contribution in [0.2, 0.25) is 0 Å². The van der Waals surface area contributed by atoms with E-state index in [9.17, 15) is 4.39 Å². The van der Waals surface area contributed by atoms with E-state index in [0.29, 0.717) is 25.4 Å². The second kappa shape index (κ2) is 8.11. The lowest BCUT2D eigenvalue weighted by Gasteiger charge is -2.21. The topological polar surface area (TPSA) is 69.2 Å². The fraction of sp³-hybridized carbons (Fsp3) is 0.292.